The predicted octanol–water partition coefficient (Wildman–Crippen LogP) is 6.88. The lowest BCUT2D eigenvalue weighted by atomic mass is 10.0. The zero-order valence-electron chi connectivity index (χ0n) is 25.5. The van der Waals surface area contributed by atoms with Crippen LogP contribution in [0.5, 0.6) is 0 Å². The van der Waals surface area contributed by atoms with Crippen LogP contribution in [0.15, 0.2) is 12.2 Å². The van der Waals surface area contributed by atoms with Gasteiger partial charge in [0.15, 0.2) is 12.1 Å². The molecule has 0 aliphatic carbocycles. The second-order valence-corrected chi connectivity index (χ2v) is 11.4. The Hall–Kier alpha value is -1.89. The molecule has 2 N–H and O–H groups in total. The summed E-state index contributed by atoms with van der Waals surface area (Å²) in [5.74, 6) is -3.88. The molecule has 228 valence electrons. The Morgan fingerprint density at radius 3 is 1.26 bits per heavy atom. The molecular weight excluding hydrogens is 494 g/mol. The van der Waals surface area contributed by atoms with Gasteiger partial charge in [0.2, 0.25) is 0 Å². The Bertz CT molecular complexity index is 642. The molecule has 0 aromatic heterocycles. The van der Waals surface area contributed by atoms with E-state index >= 15 is 0 Å². The maximum atomic E-state index is 11.8. The van der Waals surface area contributed by atoms with Crippen molar-refractivity contribution in [2.75, 3.05) is 6.54 Å². The Morgan fingerprint density at radius 2 is 0.923 bits per heavy atom. The topological polar surface area (TPSA) is 115 Å². The lowest BCUT2D eigenvalue weighted by Crippen LogP contribution is -2.71. The fourth-order valence-corrected chi connectivity index (χ4v) is 5.72. The Kier molecular flexibility index (Phi) is 21.8. The summed E-state index contributed by atoms with van der Waals surface area (Å²) in [5, 5.41) is 30.9. The van der Waals surface area contributed by atoms with Crippen LogP contribution < -0.4 is 5.11 Å². The fraction of sp³-hybridized carbons (Fsp3) is 0.844. The summed E-state index contributed by atoms with van der Waals surface area (Å²) in [4.78, 5) is 35.2. The van der Waals surface area contributed by atoms with Gasteiger partial charge in [0.05, 0.1) is 12.5 Å². The van der Waals surface area contributed by atoms with E-state index in [1.807, 2.05) is 12.2 Å². The van der Waals surface area contributed by atoms with E-state index in [1.165, 1.54) is 124 Å². The number of carbonyl (C=O) groups is 3. The van der Waals surface area contributed by atoms with E-state index in [2.05, 4.69) is 6.92 Å². The van der Waals surface area contributed by atoms with Crippen molar-refractivity contribution in [3.63, 3.8) is 0 Å². The first-order valence-electron chi connectivity index (χ1n) is 15.8. The van der Waals surface area contributed by atoms with Gasteiger partial charge in [-0.2, -0.15) is 0 Å². The van der Waals surface area contributed by atoms with Crippen molar-refractivity contribution in [1.29, 1.82) is 0 Å². The van der Waals surface area contributed by atoms with Crippen molar-refractivity contribution < 1.29 is 34.2 Å². The molecule has 0 bridgehead atoms. The second kappa shape index (κ2) is 22.9. The lowest BCUT2D eigenvalue weighted by molar-refractivity contribution is -0.969. The third-order valence-corrected chi connectivity index (χ3v) is 8.54. The lowest BCUT2D eigenvalue weighted by Gasteiger charge is -2.49. The van der Waals surface area contributed by atoms with Gasteiger partial charge in [-0.1, -0.05) is 122 Å². The van der Waals surface area contributed by atoms with Crippen molar-refractivity contribution in [2.24, 2.45) is 0 Å². The van der Waals surface area contributed by atoms with Crippen molar-refractivity contribution in [1.82, 2.24) is 0 Å². The van der Waals surface area contributed by atoms with Crippen LogP contribution in [-0.2, 0) is 14.4 Å². The van der Waals surface area contributed by atoms with E-state index in [0.29, 0.717) is 6.42 Å². The summed E-state index contributed by atoms with van der Waals surface area (Å²) in [7, 11) is 0. The number of hydrogen-bond acceptors (Lipinski definition) is 4. The maximum Gasteiger partial charge on any atom is 0.362 e. The number of allylic oxidation sites excluding steroid dienone is 1. The van der Waals surface area contributed by atoms with E-state index in [4.69, 9.17) is 0 Å². The summed E-state index contributed by atoms with van der Waals surface area (Å²) in [5.41, 5.74) is 0. The summed E-state index contributed by atoms with van der Waals surface area (Å²) in [6, 6.07) is -3.65. The third-order valence-electron chi connectivity index (χ3n) is 8.54. The SMILES string of the molecule is CCCCCCCCCCCCCCCCCCC/C=C/CC[N+](C(C)C(=O)[O-])(C(C)C(=O)O)C(C)C(=O)O. The molecular formula is C32H59NO6. The van der Waals surface area contributed by atoms with Gasteiger partial charge in [-0.05, 0) is 33.6 Å². The van der Waals surface area contributed by atoms with E-state index in [1.54, 1.807) is 0 Å². The number of unbranched alkanes of at least 4 members (excludes halogenated alkanes) is 17. The van der Waals surface area contributed by atoms with E-state index in [0.717, 1.165) is 12.8 Å². The zero-order chi connectivity index (χ0) is 29.5. The highest BCUT2D eigenvalue weighted by atomic mass is 16.4. The Balaban J connectivity index is 4.09. The van der Waals surface area contributed by atoms with Crippen LogP contribution in [-0.4, -0.2) is 57.3 Å². The molecule has 0 aromatic rings. The summed E-state index contributed by atoms with van der Waals surface area (Å²) < 4.78 is -0.587. The Labute approximate surface area is 238 Å². The number of aliphatic carboxylic acids is 3. The molecule has 0 aliphatic heterocycles. The number of rotatable bonds is 27. The van der Waals surface area contributed by atoms with Gasteiger partial charge < -0.3 is 20.1 Å². The quantitative estimate of drug-likeness (QED) is 0.0651. The van der Waals surface area contributed by atoms with Crippen LogP contribution in [0.1, 0.15) is 150 Å². The molecule has 0 aromatic carbocycles. The molecule has 0 fully saturated rings. The summed E-state index contributed by atoms with van der Waals surface area (Å²) >= 11 is 0. The van der Waals surface area contributed by atoms with Crippen LogP contribution in [0.25, 0.3) is 0 Å². The second-order valence-electron chi connectivity index (χ2n) is 11.4. The smallest absolute Gasteiger partial charge is 0.362 e. The van der Waals surface area contributed by atoms with E-state index in [9.17, 15) is 29.7 Å². The minimum atomic E-state index is -1.44. The van der Waals surface area contributed by atoms with Gasteiger partial charge >= 0.3 is 11.9 Å². The highest BCUT2D eigenvalue weighted by Gasteiger charge is 2.50. The molecule has 0 aliphatic rings. The minimum Gasteiger partial charge on any atom is -0.544 e. The average molecular weight is 554 g/mol. The van der Waals surface area contributed by atoms with Crippen LogP contribution in [0, 0.1) is 0 Å². The van der Waals surface area contributed by atoms with Crippen molar-refractivity contribution in [3.8, 4) is 0 Å². The standard InChI is InChI=1S/C32H59NO6/c1-5-6-7-8-9-10-11-12-13-14-15-16-17-18-19-20-21-22-23-24-25-26-33(27(2)30(34)35,28(3)31(36)37)29(4)32(38)39/h23-24,27-29H,5-22,25-26H2,1-4H3,(H2-,34,35,36,37,38,39)/b24-23+. The highest BCUT2D eigenvalue weighted by molar-refractivity contribution is 5.76. The number of carbonyl (C=O) groups excluding carboxylic acids is 1. The highest BCUT2D eigenvalue weighted by Crippen LogP contribution is 2.26. The predicted molar refractivity (Wildman–Crippen MR) is 156 cm³/mol. The molecule has 3 unspecified atom stereocenters. The van der Waals surface area contributed by atoms with Gasteiger partial charge in [0.25, 0.3) is 0 Å². The summed E-state index contributed by atoms with van der Waals surface area (Å²) in [6.45, 7) is 6.47. The average Bonchev–Trinajstić information content (AvgIpc) is 2.90. The van der Waals surface area contributed by atoms with Crippen LogP contribution in [0.2, 0.25) is 0 Å². The van der Waals surface area contributed by atoms with Gasteiger partial charge in [0.1, 0.15) is 6.04 Å². The molecule has 0 radical (unpaired) electrons. The van der Waals surface area contributed by atoms with Gasteiger partial charge in [-0.3, -0.25) is 4.48 Å². The number of carboxylic acids is 3. The van der Waals surface area contributed by atoms with Crippen molar-refractivity contribution >= 4 is 17.9 Å². The summed E-state index contributed by atoms with van der Waals surface area (Å²) in [6.07, 6.45) is 28.0. The van der Waals surface area contributed by atoms with Crippen LogP contribution >= 0.6 is 0 Å². The molecule has 7 nitrogen and oxygen atoms in total. The third kappa shape index (κ3) is 15.5. The number of nitrogens with zero attached hydrogens (tertiary/aromatic N) is 1. The first-order chi connectivity index (χ1) is 18.6. The largest absolute Gasteiger partial charge is 0.544 e. The van der Waals surface area contributed by atoms with Crippen molar-refractivity contribution in [3.05, 3.63) is 12.2 Å². The van der Waals surface area contributed by atoms with Gasteiger partial charge in [-0.15, -0.1) is 0 Å². The van der Waals surface area contributed by atoms with E-state index in [-0.39, 0.29) is 6.54 Å². The Morgan fingerprint density at radius 1 is 0.590 bits per heavy atom. The molecule has 0 rings (SSSR count). The van der Waals surface area contributed by atoms with Crippen molar-refractivity contribution in [2.45, 2.75) is 168 Å². The molecule has 0 spiro atoms. The maximum absolute atomic E-state index is 11.8. The number of carboxylic acid groups (broad SMARTS) is 3. The minimum absolute atomic E-state index is 0.103. The molecule has 39 heavy (non-hydrogen) atoms. The van der Waals surface area contributed by atoms with Gasteiger partial charge in [0, 0.05) is 6.42 Å². The number of quaternary nitrogens is 1. The normalized spacial score (nSPS) is 15.6. The molecule has 0 amide bonds. The molecule has 0 saturated heterocycles. The molecule has 3 atom stereocenters. The van der Waals surface area contributed by atoms with Crippen LogP contribution in [0.3, 0.4) is 0 Å². The van der Waals surface area contributed by atoms with Crippen LogP contribution in [0.4, 0.5) is 0 Å². The van der Waals surface area contributed by atoms with Gasteiger partial charge in [-0.25, -0.2) is 9.59 Å². The van der Waals surface area contributed by atoms with E-state index < -0.39 is 40.5 Å². The molecule has 0 saturated carbocycles. The first kappa shape index (κ1) is 37.1. The molecule has 0 heterocycles. The zero-order valence-corrected chi connectivity index (χ0v) is 25.5. The number of hydrogen-bond donors (Lipinski definition) is 2. The monoisotopic (exact) mass is 553 g/mol. The fourth-order valence-electron chi connectivity index (χ4n) is 5.72. The first-order valence-corrected chi connectivity index (χ1v) is 15.8. The molecule has 7 heteroatoms.